The number of benzene rings is 1. The smallest absolute Gasteiger partial charge is 0.230 e. The molecule has 1 fully saturated rings. The second-order valence-corrected chi connectivity index (χ2v) is 6.80. The van der Waals surface area contributed by atoms with Gasteiger partial charge in [0.25, 0.3) is 0 Å². The first-order valence-electron chi connectivity index (χ1n) is 7.86. The summed E-state index contributed by atoms with van der Waals surface area (Å²) >= 11 is 1.37. The number of carbonyl (C=O) groups is 1. The molecular formula is C16H18N4O2S. The third-order valence-electron chi connectivity index (χ3n) is 4.07. The number of ether oxygens (including phenoxy) is 1. The maximum Gasteiger partial charge on any atom is 0.230 e. The largest absolute Gasteiger partial charge is 0.493 e. The molecule has 2 aliphatic rings. The van der Waals surface area contributed by atoms with Gasteiger partial charge in [-0.2, -0.15) is 0 Å². The van der Waals surface area contributed by atoms with E-state index in [1.54, 1.807) is 0 Å². The van der Waals surface area contributed by atoms with E-state index >= 15 is 0 Å². The Morgan fingerprint density at radius 1 is 1.35 bits per heavy atom. The number of nitrogens with one attached hydrogen (secondary N) is 2. The van der Waals surface area contributed by atoms with Crippen molar-refractivity contribution in [3.63, 3.8) is 0 Å². The van der Waals surface area contributed by atoms with Gasteiger partial charge in [-0.1, -0.05) is 30.0 Å². The fraction of sp³-hybridized carbons (Fsp3) is 0.438. The number of thioether (sulfide) groups is 1. The highest BCUT2D eigenvalue weighted by molar-refractivity contribution is 7.99. The van der Waals surface area contributed by atoms with E-state index in [9.17, 15) is 4.79 Å². The Labute approximate surface area is 138 Å². The minimum absolute atomic E-state index is 0.00512. The van der Waals surface area contributed by atoms with Crippen molar-refractivity contribution < 1.29 is 9.53 Å². The van der Waals surface area contributed by atoms with E-state index < -0.39 is 0 Å². The topological polar surface area (TPSA) is 79.9 Å². The summed E-state index contributed by atoms with van der Waals surface area (Å²) in [4.78, 5) is 16.6. The Morgan fingerprint density at radius 2 is 2.22 bits per heavy atom. The van der Waals surface area contributed by atoms with Crippen molar-refractivity contribution in [1.29, 1.82) is 0 Å². The molecule has 2 aromatic rings. The first-order valence-corrected chi connectivity index (χ1v) is 8.84. The summed E-state index contributed by atoms with van der Waals surface area (Å²) in [6, 6.07) is 7.87. The average molecular weight is 330 g/mol. The van der Waals surface area contributed by atoms with E-state index in [1.807, 2.05) is 24.3 Å². The summed E-state index contributed by atoms with van der Waals surface area (Å²) in [7, 11) is 0. The number of hydrogen-bond acceptors (Lipinski definition) is 5. The third-order valence-corrected chi connectivity index (χ3v) is 4.92. The maximum absolute atomic E-state index is 12.2. The van der Waals surface area contributed by atoms with Crippen LogP contribution in [-0.2, 0) is 4.79 Å². The van der Waals surface area contributed by atoms with Crippen LogP contribution in [0.4, 0.5) is 0 Å². The highest BCUT2D eigenvalue weighted by atomic mass is 32.2. The monoisotopic (exact) mass is 330 g/mol. The zero-order valence-corrected chi connectivity index (χ0v) is 13.4. The van der Waals surface area contributed by atoms with Gasteiger partial charge in [0.2, 0.25) is 11.1 Å². The maximum atomic E-state index is 12.2. The van der Waals surface area contributed by atoms with E-state index in [2.05, 4.69) is 20.5 Å². The zero-order valence-electron chi connectivity index (χ0n) is 12.6. The number of aromatic amines is 1. The number of nitrogens with zero attached hydrogens (tertiary/aromatic N) is 2. The quantitative estimate of drug-likeness (QED) is 0.823. The zero-order chi connectivity index (χ0) is 15.6. The Hall–Kier alpha value is -2.02. The molecule has 1 aliphatic carbocycles. The predicted octanol–water partition coefficient (Wildman–Crippen LogP) is 2.41. The van der Waals surface area contributed by atoms with Crippen LogP contribution in [0.15, 0.2) is 29.4 Å². The van der Waals surface area contributed by atoms with Crippen LogP contribution in [0.3, 0.4) is 0 Å². The number of H-pyrrole nitrogens is 1. The van der Waals surface area contributed by atoms with Crippen molar-refractivity contribution in [2.75, 3.05) is 12.4 Å². The lowest BCUT2D eigenvalue weighted by Crippen LogP contribution is -2.33. The van der Waals surface area contributed by atoms with Crippen LogP contribution < -0.4 is 10.1 Å². The number of amides is 1. The molecule has 1 unspecified atom stereocenters. The molecule has 1 atom stereocenters. The molecular weight excluding hydrogens is 312 g/mol. The first-order chi connectivity index (χ1) is 11.3. The minimum Gasteiger partial charge on any atom is -0.493 e. The van der Waals surface area contributed by atoms with Crippen LogP contribution in [0.2, 0.25) is 0 Å². The van der Waals surface area contributed by atoms with Crippen LogP contribution in [0.25, 0.3) is 0 Å². The number of para-hydroxylation sites is 1. The minimum atomic E-state index is -0.00512. The van der Waals surface area contributed by atoms with E-state index in [4.69, 9.17) is 4.74 Å². The van der Waals surface area contributed by atoms with E-state index in [1.165, 1.54) is 24.6 Å². The summed E-state index contributed by atoms with van der Waals surface area (Å²) in [5.74, 6) is 2.67. The summed E-state index contributed by atoms with van der Waals surface area (Å²) in [5.41, 5.74) is 1.05. The molecule has 7 heteroatoms. The summed E-state index contributed by atoms with van der Waals surface area (Å²) < 4.78 is 5.61. The fourth-order valence-electron chi connectivity index (χ4n) is 2.72. The molecule has 23 heavy (non-hydrogen) atoms. The lowest BCUT2D eigenvalue weighted by molar-refractivity contribution is -0.119. The molecule has 1 aromatic carbocycles. The van der Waals surface area contributed by atoms with Crippen molar-refractivity contribution >= 4 is 17.7 Å². The van der Waals surface area contributed by atoms with E-state index in [-0.39, 0.29) is 11.9 Å². The van der Waals surface area contributed by atoms with Crippen LogP contribution in [0.5, 0.6) is 5.75 Å². The van der Waals surface area contributed by atoms with Gasteiger partial charge in [-0.15, -0.1) is 5.10 Å². The standard InChI is InChI=1S/C16H18N4O2S/c21-14(9-23-16-18-15(19-20-16)10-5-6-10)17-12-7-8-22-13-4-2-1-3-11(12)13/h1-4,10,12H,5-9H2,(H,17,21)(H,18,19,20). The molecule has 0 radical (unpaired) electrons. The second-order valence-electron chi connectivity index (χ2n) is 5.86. The molecule has 1 aromatic heterocycles. The van der Waals surface area contributed by atoms with Crippen molar-refractivity contribution in [3.8, 4) is 5.75 Å². The van der Waals surface area contributed by atoms with Crippen molar-refractivity contribution in [1.82, 2.24) is 20.5 Å². The number of fused-ring (bicyclic) bond motifs is 1. The average Bonchev–Trinajstić information content (AvgIpc) is 3.32. The van der Waals surface area contributed by atoms with Gasteiger partial charge < -0.3 is 10.1 Å². The van der Waals surface area contributed by atoms with Crippen molar-refractivity contribution in [3.05, 3.63) is 35.7 Å². The lowest BCUT2D eigenvalue weighted by atomic mass is 10.0. The predicted molar refractivity (Wildman–Crippen MR) is 86.5 cm³/mol. The van der Waals surface area contributed by atoms with Gasteiger partial charge in [-0.3, -0.25) is 9.89 Å². The number of aromatic nitrogens is 3. The van der Waals surface area contributed by atoms with Crippen LogP contribution in [-0.4, -0.2) is 33.4 Å². The molecule has 1 amide bonds. The highest BCUT2D eigenvalue weighted by Gasteiger charge is 2.27. The fourth-order valence-corrected chi connectivity index (χ4v) is 3.34. The molecule has 1 saturated carbocycles. The molecule has 1 aliphatic heterocycles. The molecule has 0 saturated heterocycles. The van der Waals surface area contributed by atoms with E-state index in [0.717, 1.165) is 23.6 Å². The lowest BCUT2D eigenvalue weighted by Gasteiger charge is -2.26. The van der Waals surface area contributed by atoms with Crippen molar-refractivity contribution in [2.45, 2.75) is 36.4 Å². The van der Waals surface area contributed by atoms with Gasteiger partial charge in [-0.25, -0.2) is 4.98 Å². The van der Waals surface area contributed by atoms with Gasteiger partial charge in [0.05, 0.1) is 18.4 Å². The summed E-state index contributed by atoms with van der Waals surface area (Å²) in [6.07, 6.45) is 3.16. The molecule has 120 valence electrons. The Bertz CT molecular complexity index is 714. The number of carbonyl (C=O) groups excluding carboxylic acids is 1. The number of hydrogen-bond donors (Lipinski definition) is 2. The van der Waals surface area contributed by atoms with Crippen LogP contribution >= 0.6 is 11.8 Å². The SMILES string of the molecule is O=C(CSc1n[nH]c(C2CC2)n1)NC1CCOc2ccccc21. The van der Waals surface area contributed by atoms with Crippen LogP contribution in [0.1, 0.15) is 42.6 Å². The Balaban J connectivity index is 1.33. The molecule has 2 N–H and O–H groups in total. The Kier molecular flexibility index (Phi) is 3.95. The summed E-state index contributed by atoms with van der Waals surface area (Å²) in [5, 5.41) is 10.8. The number of rotatable bonds is 5. The van der Waals surface area contributed by atoms with Gasteiger partial charge in [0.1, 0.15) is 11.6 Å². The second kappa shape index (κ2) is 6.23. The van der Waals surface area contributed by atoms with Gasteiger partial charge in [-0.05, 0) is 18.9 Å². The normalized spacial score (nSPS) is 19.7. The highest BCUT2D eigenvalue weighted by Crippen LogP contribution is 2.38. The van der Waals surface area contributed by atoms with Crippen molar-refractivity contribution in [2.24, 2.45) is 0 Å². The third kappa shape index (κ3) is 3.34. The first kappa shape index (κ1) is 14.6. The molecule has 0 spiro atoms. The van der Waals surface area contributed by atoms with E-state index in [0.29, 0.717) is 23.4 Å². The van der Waals surface area contributed by atoms with Crippen LogP contribution in [0, 0.1) is 0 Å². The van der Waals surface area contributed by atoms with Gasteiger partial charge in [0.15, 0.2) is 0 Å². The molecule has 2 heterocycles. The molecule has 6 nitrogen and oxygen atoms in total. The molecule has 0 bridgehead atoms. The Morgan fingerprint density at radius 3 is 3.09 bits per heavy atom. The summed E-state index contributed by atoms with van der Waals surface area (Å²) in [6.45, 7) is 0.626. The van der Waals surface area contributed by atoms with Gasteiger partial charge >= 0.3 is 0 Å². The molecule has 4 rings (SSSR count). The van der Waals surface area contributed by atoms with Gasteiger partial charge in [0, 0.05) is 17.9 Å².